The number of aromatic nitrogens is 3. The Bertz CT molecular complexity index is 3640. The summed E-state index contributed by atoms with van der Waals surface area (Å²) in [5, 5.41) is 0. The monoisotopic (exact) mass is 863 g/mol. The van der Waals surface area contributed by atoms with E-state index in [1.54, 1.807) is 0 Å². The number of nitrogens with zero attached hydrogens (tertiary/aromatic N) is 3. The summed E-state index contributed by atoms with van der Waals surface area (Å²) < 4.78 is 0. The average molecular weight is 864 g/mol. The molecule has 316 valence electrons. The van der Waals surface area contributed by atoms with Gasteiger partial charge in [0, 0.05) is 16.7 Å². The quantitative estimate of drug-likeness (QED) is 0.173. The van der Waals surface area contributed by atoms with Gasteiger partial charge in [0.1, 0.15) is 0 Å². The lowest BCUT2D eigenvalue weighted by Crippen LogP contribution is -2.43. The first-order chi connectivity index (χ1) is 33.7. The smallest absolute Gasteiger partial charge is 0.164 e. The van der Waals surface area contributed by atoms with Crippen LogP contribution in [0.5, 0.6) is 0 Å². The van der Waals surface area contributed by atoms with Crippen molar-refractivity contribution in [1.82, 2.24) is 15.0 Å². The van der Waals surface area contributed by atoms with Gasteiger partial charge in [-0.25, -0.2) is 15.0 Å². The molecule has 0 unspecified atom stereocenters. The lowest BCUT2D eigenvalue weighted by molar-refractivity contribution is 0.633. The highest BCUT2D eigenvalue weighted by atomic mass is 15.0. The van der Waals surface area contributed by atoms with Crippen molar-refractivity contribution in [3.8, 4) is 78.7 Å². The van der Waals surface area contributed by atoms with Gasteiger partial charge in [-0.1, -0.05) is 243 Å². The maximum atomic E-state index is 5.09. The average Bonchev–Trinajstić information content (AvgIpc) is 3.89. The third-order valence-corrected chi connectivity index (χ3v) is 14.9. The summed E-state index contributed by atoms with van der Waals surface area (Å²) in [6.45, 7) is 0. The first-order valence-corrected chi connectivity index (χ1v) is 23.4. The summed E-state index contributed by atoms with van der Waals surface area (Å²) in [5.74, 6) is 1.93. The summed E-state index contributed by atoms with van der Waals surface area (Å²) in [4.78, 5) is 15.1. The predicted molar refractivity (Wildman–Crippen MR) is 275 cm³/mol. The highest BCUT2D eigenvalue weighted by Gasteiger charge is 2.58. The van der Waals surface area contributed by atoms with Crippen LogP contribution >= 0.6 is 0 Å². The molecule has 10 aromatic carbocycles. The molecule has 1 aromatic heterocycles. The summed E-state index contributed by atoms with van der Waals surface area (Å²) in [7, 11) is 0. The van der Waals surface area contributed by atoms with E-state index in [4.69, 9.17) is 15.0 Å². The van der Waals surface area contributed by atoms with E-state index >= 15 is 0 Å². The maximum absolute atomic E-state index is 5.09. The molecule has 0 atom stereocenters. The fourth-order valence-electron chi connectivity index (χ4n) is 12.1. The number of fused-ring (bicyclic) bond motifs is 16. The molecule has 0 aliphatic heterocycles. The Morgan fingerprint density at radius 3 is 0.985 bits per heavy atom. The zero-order valence-corrected chi connectivity index (χ0v) is 37.0. The summed E-state index contributed by atoms with van der Waals surface area (Å²) in [6, 6.07) is 90.8. The Balaban J connectivity index is 0.901. The Hall–Kier alpha value is -8.79. The number of rotatable bonds is 5. The van der Waals surface area contributed by atoms with E-state index in [2.05, 4.69) is 188 Å². The van der Waals surface area contributed by atoms with Gasteiger partial charge in [0.05, 0.1) is 10.8 Å². The Kier molecular flexibility index (Phi) is 8.41. The second-order valence-electron chi connectivity index (χ2n) is 18.1. The van der Waals surface area contributed by atoms with Crippen LogP contribution in [-0.2, 0) is 10.8 Å². The molecule has 0 bridgehead atoms. The van der Waals surface area contributed by atoms with E-state index in [0.29, 0.717) is 17.5 Å². The van der Waals surface area contributed by atoms with Gasteiger partial charge in [0.25, 0.3) is 0 Å². The zero-order valence-electron chi connectivity index (χ0n) is 37.0. The lowest BCUT2D eigenvalue weighted by Gasteiger charge is -2.48. The van der Waals surface area contributed by atoms with E-state index < -0.39 is 10.8 Å². The van der Waals surface area contributed by atoms with E-state index in [0.717, 1.165) is 33.4 Å². The van der Waals surface area contributed by atoms with Crippen molar-refractivity contribution in [2.45, 2.75) is 10.8 Å². The molecule has 3 nitrogen and oxygen atoms in total. The van der Waals surface area contributed by atoms with Gasteiger partial charge in [-0.15, -0.1) is 0 Å². The van der Waals surface area contributed by atoms with Crippen molar-refractivity contribution in [3.05, 3.63) is 293 Å². The lowest BCUT2D eigenvalue weighted by atomic mass is 9.52. The first kappa shape index (κ1) is 38.5. The normalized spacial score (nSPS) is 13.8. The van der Waals surface area contributed by atoms with Gasteiger partial charge >= 0.3 is 0 Å². The van der Waals surface area contributed by atoms with Crippen molar-refractivity contribution in [2.75, 3.05) is 0 Å². The predicted octanol–water partition coefficient (Wildman–Crippen LogP) is 15.2. The molecule has 0 fully saturated rings. The number of hydrogen-bond donors (Lipinski definition) is 0. The van der Waals surface area contributed by atoms with Crippen LogP contribution in [0.25, 0.3) is 78.7 Å². The minimum absolute atomic E-state index is 0.457. The van der Waals surface area contributed by atoms with E-state index in [9.17, 15) is 0 Å². The highest BCUT2D eigenvalue weighted by molar-refractivity contribution is 5.95. The van der Waals surface area contributed by atoms with Crippen molar-refractivity contribution in [3.63, 3.8) is 0 Å². The standard InChI is InChI=1S/C65H41N3/c1-3-19-44(20-4-1)61-66-62(45-21-5-2-6-22-45)68-63(67-61)51-27-8-7-23-47(51)43-37-35-42(36-38-43)46-39-40-56-52(41-46)50-26-11-14-30-55(50)65(56)59-33-17-15-31-57(59)64(58-32-16-18-34-60(58)65)53-28-12-9-24-48(53)49-25-10-13-29-54(49)64/h1-41H. The zero-order chi connectivity index (χ0) is 44.8. The molecule has 3 aliphatic carbocycles. The second kappa shape index (κ2) is 14.9. The van der Waals surface area contributed by atoms with Crippen LogP contribution in [0.4, 0.5) is 0 Å². The highest BCUT2D eigenvalue weighted by Crippen LogP contribution is 2.67. The third-order valence-electron chi connectivity index (χ3n) is 14.9. The number of benzene rings is 10. The molecule has 14 rings (SSSR count). The molecule has 1 heterocycles. The molecule has 0 N–H and O–H groups in total. The summed E-state index contributed by atoms with van der Waals surface area (Å²) >= 11 is 0. The molecule has 0 radical (unpaired) electrons. The van der Waals surface area contributed by atoms with Gasteiger partial charge in [0.15, 0.2) is 17.5 Å². The fraction of sp³-hybridized carbons (Fsp3) is 0.0308. The molecule has 0 saturated carbocycles. The van der Waals surface area contributed by atoms with Gasteiger partial charge in [-0.2, -0.15) is 0 Å². The molecule has 3 heteroatoms. The van der Waals surface area contributed by atoms with Crippen LogP contribution in [0.2, 0.25) is 0 Å². The molecule has 0 amide bonds. The number of hydrogen-bond acceptors (Lipinski definition) is 3. The Labute approximate surface area is 395 Å². The van der Waals surface area contributed by atoms with Crippen LogP contribution in [0.1, 0.15) is 44.5 Å². The molecule has 11 aromatic rings. The molecule has 2 spiro atoms. The Morgan fingerprint density at radius 1 is 0.191 bits per heavy atom. The van der Waals surface area contributed by atoms with Gasteiger partial charge in [-0.3, -0.25) is 0 Å². The fourth-order valence-corrected chi connectivity index (χ4v) is 12.1. The summed E-state index contributed by atoms with van der Waals surface area (Å²) in [5.41, 5.74) is 22.3. The van der Waals surface area contributed by atoms with Gasteiger partial charge in [-0.05, 0) is 95.1 Å². The molecule has 3 aliphatic rings. The van der Waals surface area contributed by atoms with Crippen LogP contribution in [-0.4, -0.2) is 15.0 Å². The van der Waals surface area contributed by atoms with Crippen molar-refractivity contribution in [2.24, 2.45) is 0 Å². The SMILES string of the molecule is c1ccc(-c2nc(-c3ccccc3)nc(-c3ccccc3-c3ccc(-c4ccc5c(c4)-c4ccccc4C54c5ccccc5C5(c6ccccc6-c6ccccc65)c5ccccc54)cc3)n2)cc1. The summed E-state index contributed by atoms with van der Waals surface area (Å²) in [6.07, 6.45) is 0. The minimum atomic E-state index is -0.515. The molecular weight excluding hydrogens is 823 g/mol. The van der Waals surface area contributed by atoms with E-state index in [1.807, 2.05) is 60.7 Å². The van der Waals surface area contributed by atoms with Crippen LogP contribution in [0.3, 0.4) is 0 Å². The molecule has 0 saturated heterocycles. The van der Waals surface area contributed by atoms with Crippen LogP contribution < -0.4 is 0 Å². The largest absolute Gasteiger partial charge is 0.208 e. The maximum Gasteiger partial charge on any atom is 0.164 e. The van der Waals surface area contributed by atoms with Gasteiger partial charge in [0.2, 0.25) is 0 Å². The van der Waals surface area contributed by atoms with E-state index in [1.165, 1.54) is 72.3 Å². The minimum Gasteiger partial charge on any atom is -0.208 e. The first-order valence-electron chi connectivity index (χ1n) is 23.4. The second-order valence-corrected chi connectivity index (χ2v) is 18.1. The third kappa shape index (κ3) is 5.33. The van der Waals surface area contributed by atoms with Crippen LogP contribution in [0.15, 0.2) is 249 Å². The van der Waals surface area contributed by atoms with Crippen molar-refractivity contribution < 1.29 is 0 Å². The van der Waals surface area contributed by atoms with Crippen molar-refractivity contribution in [1.29, 1.82) is 0 Å². The molecular formula is C65H41N3. The Morgan fingerprint density at radius 2 is 0.515 bits per heavy atom. The molecule has 68 heavy (non-hydrogen) atoms. The van der Waals surface area contributed by atoms with Crippen molar-refractivity contribution >= 4 is 0 Å². The van der Waals surface area contributed by atoms with Gasteiger partial charge < -0.3 is 0 Å². The van der Waals surface area contributed by atoms with Crippen LogP contribution in [0, 0.1) is 0 Å². The van der Waals surface area contributed by atoms with E-state index in [-0.39, 0.29) is 0 Å². The topological polar surface area (TPSA) is 38.7 Å².